The van der Waals surface area contributed by atoms with Crippen molar-refractivity contribution in [2.45, 2.75) is 13.8 Å². The van der Waals surface area contributed by atoms with Crippen LogP contribution in [0.3, 0.4) is 0 Å². The van der Waals surface area contributed by atoms with Crippen molar-refractivity contribution >= 4 is 64.6 Å². The lowest BCUT2D eigenvalue weighted by atomic mass is 9.85. The Labute approximate surface area is 243 Å². The van der Waals surface area contributed by atoms with Gasteiger partial charge in [0.2, 0.25) is 0 Å². The van der Waals surface area contributed by atoms with Crippen LogP contribution < -0.4 is 0 Å². The molecular weight excluding hydrogens is 504 g/mol. The van der Waals surface area contributed by atoms with Crippen LogP contribution >= 0.6 is 0 Å². The molecular formula is C42H26. The summed E-state index contributed by atoms with van der Waals surface area (Å²) in [6.07, 6.45) is 0. The van der Waals surface area contributed by atoms with Crippen LogP contribution in [-0.2, 0) is 0 Å². The molecule has 0 amide bonds. The molecule has 194 valence electrons. The van der Waals surface area contributed by atoms with Gasteiger partial charge in [0.05, 0.1) is 0 Å². The molecule has 0 N–H and O–H groups in total. The van der Waals surface area contributed by atoms with Crippen molar-refractivity contribution in [2.24, 2.45) is 0 Å². The largest absolute Gasteiger partial charge is 0.0616 e. The molecule has 0 nitrogen and oxygen atoms in total. The zero-order valence-electron chi connectivity index (χ0n) is 23.5. The van der Waals surface area contributed by atoms with E-state index in [1.807, 2.05) is 0 Å². The number of fused-ring (bicyclic) bond motifs is 7. The van der Waals surface area contributed by atoms with Gasteiger partial charge in [-0.05, 0) is 130 Å². The van der Waals surface area contributed by atoms with E-state index >= 15 is 0 Å². The zero-order chi connectivity index (χ0) is 27.7. The van der Waals surface area contributed by atoms with E-state index in [0.29, 0.717) is 0 Å². The van der Waals surface area contributed by atoms with E-state index in [0.717, 1.165) is 0 Å². The summed E-state index contributed by atoms with van der Waals surface area (Å²) in [5.74, 6) is 0. The minimum absolute atomic E-state index is 1.29. The van der Waals surface area contributed by atoms with Crippen LogP contribution in [0.2, 0.25) is 0 Å². The molecule has 0 unspecified atom stereocenters. The summed E-state index contributed by atoms with van der Waals surface area (Å²) in [5.41, 5.74) is 10.7. The minimum Gasteiger partial charge on any atom is -0.0616 e. The molecule has 10 rings (SSSR count). The summed E-state index contributed by atoms with van der Waals surface area (Å²) in [6, 6.07) is 46.1. The van der Waals surface area contributed by atoms with Crippen LogP contribution in [0.15, 0.2) is 121 Å². The van der Waals surface area contributed by atoms with E-state index in [-0.39, 0.29) is 0 Å². The molecule has 0 heteroatoms. The van der Waals surface area contributed by atoms with Crippen LogP contribution in [0.25, 0.3) is 98.0 Å². The average molecular weight is 531 g/mol. The molecule has 0 spiro atoms. The summed E-state index contributed by atoms with van der Waals surface area (Å²) in [4.78, 5) is 0. The standard InChI is InChI=1S/C42H26/c1-23-10-16-30-34(20-23)35(29-18-14-27-13-12-25-6-5-7-26-15-19-32(29)41(27)40(25)26)21-37-33-17-11-24(2)39-31-9-4-3-8-28(31)38(42(33)39)22-36(30)37/h3-22H,1-2H3. The highest BCUT2D eigenvalue weighted by molar-refractivity contribution is 6.31. The van der Waals surface area contributed by atoms with Crippen molar-refractivity contribution in [3.05, 3.63) is 132 Å². The lowest BCUT2D eigenvalue weighted by Crippen LogP contribution is -1.91. The molecule has 9 aromatic carbocycles. The predicted octanol–water partition coefficient (Wildman–Crippen LogP) is 12.0. The molecule has 0 saturated carbocycles. The van der Waals surface area contributed by atoms with Crippen molar-refractivity contribution in [3.63, 3.8) is 0 Å². The van der Waals surface area contributed by atoms with Gasteiger partial charge >= 0.3 is 0 Å². The first kappa shape index (κ1) is 22.5. The van der Waals surface area contributed by atoms with E-state index in [1.54, 1.807) is 0 Å². The topological polar surface area (TPSA) is 0 Å². The van der Waals surface area contributed by atoms with E-state index < -0.39 is 0 Å². The molecule has 0 atom stereocenters. The van der Waals surface area contributed by atoms with Crippen LogP contribution in [-0.4, -0.2) is 0 Å². The van der Waals surface area contributed by atoms with Crippen molar-refractivity contribution in [3.8, 4) is 33.4 Å². The summed E-state index contributed by atoms with van der Waals surface area (Å²) in [6.45, 7) is 4.47. The van der Waals surface area contributed by atoms with Gasteiger partial charge in [0.1, 0.15) is 0 Å². The second-order valence-corrected chi connectivity index (χ2v) is 12.2. The van der Waals surface area contributed by atoms with Gasteiger partial charge in [0.15, 0.2) is 0 Å². The lowest BCUT2D eigenvalue weighted by molar-refractivity contribution is 1.51. The van der Waals surface area contributed by atoms with Crippen molar-refractivity contribution in [2.75, 3.05) is 0 Å². The van der Waals surface area contributed by atoms with E-state index in [4.69, 9.17) is 0 Å². The first-order valence-corrected chi connectivity index (χ1v) is 14.9. The molecule has 1 aliphatic carbocycles. The van der Waals surface area contributed by atoms with Gasteiger partial charge in [0, 0.05) is 0 Å². The first-order chi connectivity index (χ1) is 20.7. The first-order valence-electron chi connectivity index (χ1n) is 14.9. The molecule has 0 aliphatic heterocycles. The summed E-state index contributed by atoms with van der Waals surface area (Å²) >= 11 is 0. The second-order valence-electron chi connectivity index (χ2n) is 12.2. The van der Waals surface area contributed by atoms with Crippen LogP contribution in [0.5, 0.6) is 0 Å². The molecule has 0 heterocycles. The summed E-state index contributed by atoms with van der Waals surface area (Å²) < 4.78 is 0. The molecule has 0 bridgehead atoms. The van der Waals surface area contributed by atoms with Crippen LogP contribution in [0.4, 0.5) is 0 Å². The minimum atomic E-state index is 1.29. The van der Waals surface area contributed by atoms with Crippen molar-refractivity contribution in [1.82, 2.24) is 0 Å². The number of aryl methyl sites for hydroxylation is 2. The maximum absolute atomic E-state index is 2.49. The molecule has 42 heavy (non-hydrogen) atoms. The Morgan fingerprint density at radius 3 is 1.86 bits per heavy atom. The Morgan fingerprint density at radius 1 is 0.333 bits per heavy atom. The van der Waals surface area contributed by atoms with E-state index in [9.17, 15) is 0 Å². The molecule has 0 radical (unpaired) electrons. The second kappa shape index (κ2) is 7.75. The Morgan fingerprint density at radius 2 is 1.00 bits per heavy atom. The summed E-state index contributed by atoms with van der Waals surface area (Å²) in [7, 11) is 0. The predicted molar refractivity (Wildman–Crippen MR) is 182 cm³/mol. The Bertz CT molecular complexity index is 2620. The summed E-state index contributed by atoms with van der Waals surface area (Å²) in [5, 5.41) is 16.0. The smallest absolute Gasteiger partial charge is 0.00172 e. The average Bonchev–Trinajstić information content (AvgIpc) is 3.36. The van der Waals surface area contributed by atoms with Gasteiger partial charge in [-0.3, -0.25) is 0 Å². The van der Waals surface area contributed by atoms with Gasteiger partial charge in [-0.25, -0.2) is 0 Å². The number of rotatable bonds is 1. The highest BCUT2D eigenvalue weighted by Gasteiger charge is 2.25. The fraction of sp³-hybridized carbons (Fsp3) is 0.0476. The van der Waals surface area contributed by atoms with Crippen LogP contribution in [0, 0.1) is 13.8 Å². The fourth-order valence-electron chi connectivity index (χ4n) is 8.06. The number of hydrogen-bond donors (Lipinski definition) is 0. The van der Waals surface area contributed by atoms with Gasteiger partial charge in [-0.2, -0.15) is 0 Å². The third-order valence-corrected chi connectivity index (χ3v) is 9.90. The maximum Gasteiger partial charge on any atom is -0.00172 e. The molecule has 0 saturated heterocycles. The zero-order valence-corrected chi connectivity index (χ0v) is 23.5. The molecule has 0 fully saturated rings. The molecule has 1 aliphatic rings. The van der Waals surface area contributed by atoms with Crippen molar-refractivity contribution < 1.29 is 0 Å². The highest BCUT2D eigenvalue weighted by atomic mass is 14.3. The molecule has 9 aromatic rings. The number of benzene rings is 9. The fourth-order valence-corrected chi connectivity index (χ4v) is 8.06. The highest BCUT2D eigenvalue weighted by Crippen LogP contribution is 2.52. The maximum atomic E-state index is 2.49. The third-order valence-electron chi connectivity index (χ3n) is 9.90. The third kappa shape index (κ3) is 2.72. The normalized spacial score (nSPS) is 12.5. The van der Waals surface area contributed by atoms with Gasteiger partial charge in [-0.15, -0.1) is 0 Å². The number of hydrogen-bond acceptors (Lipinski definition) is 0. The van der Waals surface area contributed by atoms with E-state index in [1.165, 1.54) is 109 Å². The van der Waals surface area contributed by atoms with Crippen LogP contribution in [0.1, 0.15) is 11.1 Å². The quantitative estimate of drug-likeness (QED) is 0.185. The Kier molecular flexibility index (Phi) is 4.15. The van der Waals surface area contributed by atoms with Gasteiger partial charge in [-0.1, -0.05) is 115 Å². The Hall–Kier alpha value is -5.20. The van der Waals surface area contributed by atoms with Crippen molar-refractivity contribution in [1.29, 1.82) is 0 Å². The van der Waals surface area contributed by atoms with Gasteiger partial charge in [0.25, 0.3) is 0 Å². The Balaban J connectivity index is 1.40. The SMILES string of the molecule is Cc1ccc2c(c1)c(-c1ccc3ccc4cccc5ccc1c3c45)cc1c3ccc(C)c4c3c(cc21)-c1ccccc1-4. The monoisotopic (exact) mass is 530 g/mol. The lowest BCUT2D eigenvalue weighted by Gasteiger charge is -2.18. The molecule has 0 aromatic heterocycles. The van der Waals surface area contributed by atoms with E-state index in [2.05, 4.69) is 135 Å². The van der Waals surface area contributed by atoms with Gasteiger partial charge < -0.3 is 0 Å².